The maximum atomic E-state index is 5.10. The SMILES string of the molecule is COc1ccc(CCNc2nc(C)no2)cc1. The van der Waals surface area contributed by atoms with Gasteiger partial charge in [0.25, 0.3) is 0 Å². The maximum Gasteiger partial charge on any atom is 0.321 e. The van der Waals surface area contributed by atoms with Gasteiger partial charge in [0.1, 0.15) is 5.75 Å². The van der Waals surface area contributed by atoms with Crippen LogP contribution in [-0.4, -0.2) is 23.8 Å². The monoisotopic (exact) mass is 233 g/mol. The molecule has 0 unspecified atom stereocenters. The summed E-state index contributed by atoms with van der Waals surface area (Å²) in [5, 5.41) is 6.77. The Morgan fingerprint density at radius 1 is 1.29 bits per heavy atom. The van der Waals surface area contributed by atoms with Gasteiger partial charge in [-0.25, -0.2) is 0 Å². The largest absolute Gasteiger partial charge is 0.497 e. The fraction of sp³-hybridized carbons (Fsp3) is 0.333. The highest BCUT2D eigenvalue weighted by atomic mass is 16.5. The molecule has 0 spiro atoms. The van der Waals surface area contributed by atoms with Crippen LogP contribution in [0, 0.1) is 6.92 Å². The van der Waals surface area contributed by atoms with Crippen molar-refractivity contribution in [3.63, 3.8) is 0 Å². The zero-order valence-corrected chi connectivity index (χ0v) is 9.93. The molecule has 0 amide bonds. The Balaban J connectivity index is 1.81. The van der Waals surface area contributed by atoms with E-state index in [-0.39, 0.29) is 0 Å². The fourth-order valence-corrected chi connectivity index (χ4v) is 1.47. The molecule has 0 bridgehead atoms. The van der Waals surface area contributed by atoms with Crippen LogP contribution in [0.1, 0.15) is 11.4 Å². The smallest absolute Gasteiger partial charge is 0.321 e. The molecule has 1 N–H and O–H groups in total. The van der Waals surface area contributed by atoms with Crippen LogP contribution in [0.4, 0.5) is 6.01 Å². The van der Waals surface area contributed by atoms with Gasteiger partial charge in [-0.3, -0.25) is 0 Å². The number of nitrogens with zero attached hydrogens (tertiary/aromatic N) is 2. The lowest BCUT2D eigenvalue weighted by Gasteiger charge is -2.03. The van der Waals surface area contributed by atoms with Crippen molar-refractivity contribution in [2.75, 3.05) is 19.0 Å². The molecule has 1 heterocycles. The average Bonchev–Trinajstić information content (AvgIpc) is 2.76. The number of aryl methyl sites for hydroxylation is 1. The Labute approximate surface area is 99.8 Å². The van der Waals surface area contributed by atoms with Crippen LogP contribution < -0.4 is 10.1 Å². The molecule has 0 radical (unpaired) electrons. The number of methoxy groups -OCH3 is 1. The molecule has 17 heavy (non-hydrogen) atoms. The quantitative estimate of drug-likeness (QED) is 0.856. The molecule has 2 rings (SSSR count). The average molecular weight is 233 g/mol. The highest BCUT2D eigenvalue weighted by molar-refractivity contribution is 5.28. The van der Waals surface area contributed by atoms with Crippen LogP contribution in [0.25, 0.3) is 0 Å². The van der Waals surface area contributed by atoms with Gasteiger partial charge in [0, 0.05) is 6.54 Å². The third kappa shape index (κ3) is 3.21. The highest BCUT2D eigenvalue weighted by Crippen LogP contribution is 2.11. The van der Waals surface area contributed by atoms with Gasteiger partial charge in [0.15, 0.2) is 5.82 Å². The molecule has 0 aliphatic rings. The number of aromatic nitrogens is 2. The molecule has 0 saturated heterocycles. The molecule has 0 atom stereocenters. The Bertz CT molecular complexity index is 465. The van der Waals surface area contributed by atoms with Crippen molar-refractivity contribution in [2.24, 2.45) is 0 Å². The zero-order valence-electron chi connectivity index (χ0n) is 9.93. The van der Waals surface area contributed by atoms with Gasteiger partial charge in [0.2, 0.25) is 0 Å². The molecule has 0 fully saturated rings. The van der Waals surface area contributed by atoms with Crippen molar-refractivity contribution < 1.29 is 9.26 Å². The van der Waals surface area contributed by atoms with Crippen LogP contribution >= 0.6 is 0 Å². The topological polar surface area (TPSA) is 60.2 Å². The summed E-state index contributed by atoms with van der Waals surface area (Å²) < 4.78 is 10.0. The predicted octanol–water partition coefficient (Wildman–Crippen LogP) is 2.04. The number of benzene rings is 1. The predicted molar refractivity (Wildman–Crippen MR) is 64.2 cm³/mol. The summed E-state index contributed by atoms with van der Waals surface area (Å²) in [4.78, 5) is 4.06. The van der Waals surface area contributed by atoms with E-state index in [1.54, 1.807) is 14.0 Å². The minimum atomic E-state index is 0.469. The van der Waals surface area contributed by atoms with Gasteiger partial charge < -0.3 is 14.6 Å². The normalized spacial score (nSPS) is 10.2. The Morgan fingerprint density at radius 2 is 2.06 bits per heavy atom. The Hall–Kier alpha value is -2.04. The molecule has 1 aromatic heterocycles. The molecular weight excluding hydrogens is 218 g/mol. The molecule has 0 aliphatic carbocycles. The summed E-state index contributed by atoms with van der Waals surface area (Å²) in [6.45, 7) is 2.55. The standard InChI is InChI=1S/C12H15N3O2/c1-9-14-12(17-15-9)13-8-7-10-3-5-11(16-2)6-4-10/h3-6H,7-8H2,1-2H3,(H,13,14,15). The van der Waals surface area contributed by atoms with E-state index in [9.17, 15) is 0 Å². The van der Waals surface area contributed by atoms with E-state index >= 15 is 0 Å². The lowest BCUT2D eigenvalue weighted by atomic mass is 10.1. The zero-order chi connectivity index (χ0) is 12.1. The third-order valence-corrected chi connectivity index (χ3v) is 2.38. The molecule has 5 heteroatoms. The first kappa shape index (κ1) is 11.4. The first-order valence-electron chi connectivity index (χ1n) is 5.45. The summed E-state index contributed by atoms with van der Waals surface area (Å²) in [6, 6.07) is 8.45. The molecule has 0 aliphatic heterocycles. The lowest BCUT2D eigenvalue weighted by Crippen LogP contribution is -2.05. The Morgan fingerprint density at radius 3 is 2.65 bits per heavy atom. The van der Waals surface area contributed by atoms with Gasteiger partial charge >= 0.3 is 6.01 Å². The van der Waals surface area contributed by atoms with E-state index in [0.29, 0.717) is 11.8 Å². The van der Waals surface area contributed by atoms with E-state index in [1.165, 1.54) is 5.56 Å². The summed E-state index contributed by atoms with van der Waals surface area (Å²) in [7, 11) is 1.66. The number of rotatable bonds is 5. The molecular formula is C12H15N3O2. The van der Waals surface area contributed by atoms with Gasteiger partial charge in [-0.2, -0.15) is 4.98 Å². The molecule has 90 valence electrons. The van der Waals surface area contributed by atoms with Crippen molar-refractivity contribution in [1.82, 2.24) is 10.1 Å². The number of ether oxygens (including phenoxy) is 1. The number of nitrogens with one attached hydrogen (secondary N) is 1. The summed E-state index contributed by atoms with van der Waals surface area (Å²) >= 11 is 0. The number of anilines is 1. The number of hydrogen-bond donors (Lipinski definition) is 1. The number of hydrogen-bond acceptors (Lipinski definition) is 5. The highest BCUT2D eigenvalue weighted by Gasteiger charge is 2.00. The van der Waals surface area contributed by atoms with Gasteiger partial charge in [0.05, 0.1) is 7.11 Å². The minimum absolute atomic E-state index is 0.469. The minimum Gasteiger partial charge on any atom is -0.497 e. The third-order valence-electron chi connectivity index (χ3n) is 2.38. The van der Waals surface area contributed by atoms with Crippen LogP contribution in [0.15, 0.2) is 28.8 Å². The Kier molecular flexibility index (Phi) is 3.59. The maximum absolute atomic E-state index is 5.10. The van der Waals surface area contributed by atoms with Crippen molar-refractivity contribution >= 4 is 6.01 Å². The van der Waals surface area contributed by atoms with Crippen LogP contribution in [-0.2, 0) is 6.42 Å². The second-order valence-electron chi connectivity index (χ2n) is 3.67. The van der Waals surface area contributed by atoms with Crippen LogP contribution in [0.2, 0.25) is 0 Å². The van der Waals surface area contributed by atoms with E-state index in [1.807, 2.05) is 24.3 Å². The molecule has 1 aromatic carbocycles. The van der Waals surface area contributed by atoms with E-state index in [0.717, 1.165) is 18.7 Å². The van der Waals surface area contributed by atoms with Crippen molar-refractivity contribution in [3.05, 3.63) is 35.7 Å². The second-order valence-corrected chi connectivity index (χ2v) is 3.67. The van der Waals surface area contributed by atoms with Gasteiger partial charge in [-0.1, -0.05) is 17.3 Å². The van der Waals surface area contributed by atoms with Crippen LogP contribution in [0.3, 0.4) is 0 Å². The molecule has 2 aromatic rings. The summed E-state index contributed by atoms with van der Waals surface area (Å²) in [6.07, 6.45) is 0.894. The van der Waals surface area contributed by atoms with Gasteiger partial charge in [-0.15, -0.1) is 0 Å². The second kappa shape index (κ2) is 5.34. The van der Waals surface area contributed by atoms with Gasteiger partial charge in [-0.05, 0) is 31.0 Å². The van der Waals surface area contributed by atoms with Crippen molar-refractivity contribution in [2.45, 2.75) is 13.3 Å². The van der Waals surface area contributed by atoms with Crippen LogP contribution in [0.5, 0.6) is 5.75 Å². The molecule has 5 nitrogen and oxygen atoms in total. The first-order chi connectivity index (χ1) is 8.28. The molecule has 0 saturated carbocycles. The lowest BCUT2D eigenvalue weighted by molar-refractivity contribution is 0.414. The first-order valence-corrected chi connectivity index (χ1v) is 5.45. The summed E-state index contributed by atoms with van der Waals surface area (Å²) in [5.41, 5.74) is 1.23. The van der Waals surface area contributed by atoms with E-state index < -0.39 is 0 Å². The van der Waals surface area contributed by atoms with Crippen molar-refractivity contribution in [1.29, 1.82) is 0 Å². The van der Waals surface area contributed by atoms with E-state index in [4.69, 9.17) is 9.26 Å². The fourth-order valence-electron chi connectivity index (χ4n) is 1.47. The van der Waals surface area contributed by atoms with E-state index in [2.05, 4.69) is 15.5 Å². The van der Waals surface area contributed by atoms with Crippen molar-refractivity contribution in [3.8, 4) is 5.75 Å². The summed E-state index contributed by atoms with van der Waals surface area (Å²) in [5.74, 6) is 1.51.